The molecule has 3 aliphatic rings. The van der Waals surface area contributed by atoms with Crippen LogP contribution < -0.4 is 0 Å². The van der Waals surface area contributed by atoms with Crippen molar-refractivity contribution in [2.24, 2.45) is 23.2 Å². The summed E-state index contributed by atoms with van der Waals surface area (Å²) in [4.78, 5) is 0. The minimum Gasteiger partial charge on any atom is -0.400 e. The maximum absolute atomic E-state index is 10.1. The summed E-state index contributed by atoms with van der Waals surface area (Å²) >= 11 is 0. The van der Waals surface area contributed by atoms with Gasteiger partial charge in [0, 0.05) is 7.11 Å². The van der Waals surface area contributed by atoms with Gasteiger partial charge in [-0.05, 0) is 93.5 Å². The molecule has 3 fully saturated rings. The van der Waals surface area contributed by atoms with Crippen molar-refractivity contribution in [3.8, 4) is 0 Å². The van der Waals surface area contributed by atoms with E-state index in [0.29, 0.717) is 5.41 Å². The standard InChI is InChI=1S/C26H42O2.CH4O/c1-18(7-5-8-20(3)27)23-14-15-24-22(9-6-16-26(23,24)4)13-12-21-11-10-19(2)25(28)17-21;1-2/h12-13,18,20,23-25,27-28H,2,5-11,14-17H2,1,3-4H3;2H,1H3/b21-12-,22-13+;/t18?,20?,23-,24?,25?,26?;/m1./s1. The molecule has 30 heavy (non-hydrogen) atoms. The number of allylic oxidation sites excluding steroid dienone is 3. The number of fused-ring (bicyclic) bond motifs is 1. The number of hydrogen-bond donors (Lipinski definition) is 3. The summed E-state index contributed by atoms with van der Waals surface area (Å²) in [7, 11) is 1.00. The minimum absolute atomic E-state index is 0.160. The zero-order valence-corrected chi connectivity index (χ0v) is 19.9. The summed E-state index contributed by atoms with van der Waals surface area (Å²) in [5.74, 6) is 2.32. The monoisotopic (exact) mass is 418 g/mol. The number of aliphatic hydroxyl groups is 3. The van der Waals surface area contributed by atoms with Gasteiger partial charge in [-0.2, -0.15) is 0 Å². The van der Waals surface area contributed by atoms with E-state index in [1.165, 1.54) is 44.1 Å². The lowest BCUT2D eigenvalue weighted by atomic mass is 9.60. The molecule has 0 aromatic carbocycles. The lowest BCUT2D eigenvalue weighted by Gasteiger charge is -2.44. The molecule has 3 N–H and O–H groups in total. The molecular formula is C27H46O3. The van der Waals surface area contributed by atoms with Crippen molar-refractivity contribution >= 4 is 0 Å². The average molecular weight is 419 g/mol. The average Bonchev–Trinajstić information content (AvgIpc) is 3.07. The Hall–Kier alpha value is -0.900. The van der Waals surface area contributed by atoms with E-state index in [1.807, 2.05) is 6.92 Å². The molecule has 3 heteroatoms. The molecule has 172 valence electrons. The Morgan fingerprint density at radius 3 is 2.50 bits per heavy atom. The van der Waals surface area contributed by atoms with Crippen molar-refractivity contribution in [3.63, 3.8) is 0 Å². The first-order valence-corrected chi connectivity index (χ1v) is 12.2. The van der Waals surface area contributed by atoms with Crippen molar-refractivity contribution in [3.05, 3.63) is 35.5 Å². The van der Waals surface area contributed by atoms with Gasteiger partial charge in [0.05, 0.1) is 12.2 Å². The van der Waals surface area contributed by atoms with Gasteiger partial charge in [0.1, 0.15) is 0 Å². The second-order valence-electron chi connectivity index (χ2n) is 10.3. The summed E-state index contributed by atoms with van der Waals surface area (Å²) < 4.78 is 0. The topological polar surface area (TPSA) is 60.7 Å². The molecule has 0 spiro atoms. The third-order valence-electron chi connectivity index (χ3n) is 8.23. The van der Waals surface area contributed by atoms with Gasteiger partial charge in [-0.15, -0.1) is 0 Å². The number of aliphatic hydroxyl groups excluding tert-OH is 3. The summed E-state index contributed by atoms with van der Waals surface area (Å²) in [6.45, 7) is 10.9. The van der Waals surface area contributed by atoms with Crippen LogP contribution in [0, 0.1) is 23.2 Å². The Bertz CT molecular complexity index is 618. The van der Waals surface area contributed by atoms with E-state index < -0.39 is 0 Å². The van der Waals surface area contributed by atoms with Gasteiger partial charge < -0.3 is 15.3 Å². The second kappa shape index (κ2) is 11.6. The van der Waals surface area contributed by atoms with Crippen LogP contribution in [-0.4, -0.2) is 34.6 Å². The fourth-order valence-corrected chi connectivity index (χ4v) is 6.51. The molecule has 5 unspecified atom stereocenters. The van der Waals surface area contributed by atoms with Crippen molar-refractivity contribution < 1.29 is 15.3 Å². The highest BCUT2D eigenvalue weighted by Gasteiger charge is 2.50. The summed E-state index contributed by atoms with van der Waals surface area (Å²) in [6, 6.07) is 0. The first kappa shape index (κ1) is 25.4. The van der Waals surface area contributed by atoms with E-state index in [0.717, 1.165) is 62.5 Å². The summed E-state index contributed by atoms with van der Waals surface area (Å²) in [5.41, 5.74) is 4.51. The molecule has 6 atom stereocenters. The highest BCUT2D eigenvalue weighted by atomic mass is 16.3. The van der Waals surface area contributed by atoms with Crippen molar-refractivity contribution in [2.45, 2.75) is 104 Å². The van der Waals surface area contributed by atoms with Crippen LogP contribution in [-0.2, 0) is 0 Å². The summed E-state index contributed by atoms with van der Waals surface area (Å²) in [6.07, 6.45) is 17.0. The normalized spacial score (nSPS) is 36.2. The van der Waals surface area contributed by atoms with E-state index in [4.69, 9.17) is 5.11 Å². The van der Waals surface area contributed by atoms with E-state index in [1.54, 1.807) is 5.57 Å². The Balaban J connectivity index is 0.00000155. The smallest absolute Gasteiger partial charge is 0.0784 e. The third-order valence-corrected chi connectivity index (χ3v) is 8.23. The van der Waals surface area contributed by atoms with Crippen LogP contribution in [0.25, 0.3) is 0 Å². The molecule has 0 saturated heterocycles. The lowest BCUT2D eigenvalue weighted by Crippen LogP contribution is -2.36. The van der Waals surface area contributed by atoms with Gasteiger partial charge in [0.25, 0.3) is 0 Å². The van der Waals surface area contributed by atoms with E-state index in [2.05, 4.69) is 32.6 Å². The Morgan fingerprint density at radius 2 is 1.83 bits per heavy atom. The van der Waals surface area contributed by atoms with Crippen molar-refractivity contribution in [1.29, 1.82) is 0 Å². The quantitative estimate of drug-likeness (QED) is 0.467. The minimum atomic E-state index is -0.339. The van der Waals surface area contributed by atoms with Gasteiger partial charge in [-0.25, -0.2) is 0 Å². The van der Waals surface area contributed by atoms with Crippen LogP contribution in [0.3, 0.4) is 0 Å². The molecule has 0 amide bonds. The molecule has 0 aromatic heterocycles. The number of rotatable bonds is 6. The Labute approximate surface area is 185 Å². The van der Waals surface area contributed by atoms with Crippen LogP contribution in [0.5, 0.6) is 0 Å². The molecule has 0 aliphatic heterocycles. The molecule has 0 bridgehead atoms. The van der Waals surface area contributed by atoms with Crippen LogP contribution in [0.15, 0.2) is 35.5 Å². The molecule has 3 aliphatic carbocycles. The molecule has 3 nitrogen and oxygen atoms in total. The van der Waals surface area contributed by atoms with Crippen LogP contribution in [0.4, 0.5) is 0 Å². The van der Waals surface area contributed by atoms with Gasteiger partial charge in [0.2, 0.25) is 0 Å². The van der Waals surface area contributed by atoms with E-state index in [9.17, 15) is 10.2 Å². The Morgan fingerprint density at radius 1 is 1.10 bits per heavy atom. The highest BCUT2D eigenvalue weighted by Crippen LogP contribution is 2.59. The zero-order chi connectivity index (χ0) is 22.3. The molecule has 0 heterocycles. The SMILES string of the molecule is C=C1CC/C(=C/C=C2\CCCC3(C)C2CC[C@@H]3C(C)CCCC(C)O)CC1O.CO. The second-order valence-corrected chi connectivity index (χ2v) is 10.3. The largest absolute Gasteiger partial charge is 0.400 e. The third kappa shape index (κ3) is 6.08. The predicted molar refractivity (Wildman–Crippen MR) is 126 cm³/mol. The molecular weight excluding hydrogens is 372 g/mol. The predicted octanol–water partition coefficient (Wildman–Crippen LogP) is 5.95. The van der Waals surface area contributed by atoms with Crippen molar-refractivity contribution in [2.75, 3.05) is 7.11 Å². The van der Waals surface area contributed by atoms with E-state index >= 15 is 0 Å². The maximum Gasteiger partial charge on any atom is 0.0784 e. The van der Waals surface area contributed by atoms with Gasteiger partial charge in [0.15, 0.2) is 0 Å². The van der Waals surface area contributed by atoms with Crippen LogP contribution in [0.1, 0.15) is 91.4 Å². The zero-order valence-electron chi connectivity index (χ0n) is 19.9. The maximum atomic E-state index is 10.1. The molecule has 3 saturated carbocycles. The first-order valence-electron chi connectivity index (χ1n) is 12.2. The number of hydrogen-bond acceptors (Lipinski definition) is 3. The fourth-order valence-electron chi connectivity index (χ4n) is 6.51. The van der Waals surface area contributed by atoms with Gasteiger partial charge in [-0.1, -0.05) is 56.6 Å². The van der Waals surface area contributed by atoms with Crippen LogP contribution in [0.2, 0.25) is 0 Å². The fraction of sp³-hybridized carbons (Fsp3) is 0.778. The molecule has 0 radical (unpaired) electrons. The van der Waals surface area contributed by atoms with E-state index in [-0.39, 0.29) is 12.2 Å². The first-order chi connectivity index (χ1) is 14.3. The van der Waals surface area contributed by atoms with Crippen molar-refractivity contribution in [1.82, 2.24) is 0 Å². The highest BCUT2D eigenvalue weighted by molar-refractivity contribution is 5.28. The van der Waals surface area contributed by atoms with Gasteiger partial charge >= 0.3 is 0 Å². The van der Waals surface area contributed by atoms with Gasteiger partial charge in [-0.3, -0.25) is 0 Å². The Kier molecular flexibility index (Phi) is 9.84. The van der Waals surface area contributed by atoms with Crippen LogP contribution >= 0.6 is 0 Å². The molecule has 3 rings (SSSR count). The lowest BCUT2D eigenvalue weighted by molar-refractivity contribution is 0.0907. The summed E-state index contributed by atoms with van der Waals surface area (Å²) in [5, 5.41) is 26.7. The molecule has 0 aromatic rings.